The molecule has 3 fully saturated rings. The van der Waals surface area contributed by atoms with E-state index in [2.05, 4.69) is 0 Å². The van der Waals surface area contributed by atoms with Crippen LogP contribution in [0.3, 0.4) is 0 Å². The van der Waals surface area contributed by atoms with Gasteiger partial charge in [-0.05, 0) is 32.1 Å². The molecule has 23 heavy (non-hydrogen) atoms. The number of nitrogens with zero attached hydrogens (tertiary/aromatic N) is 3. The molecule has 3 rings (SSSR count). The first-order valence-corrected chi connectivity index (χ1v) is 9.88. The van der Waals surface area contributed by atoms with Crippen molar-refractivity contribution in [2.75, 3.05) is 40.4 Å². The number of hydrogen-bond acceptors (Lipinski definition) is 4. The minimum Gasteiger partial charge on any atom is -0.381 e. The van der Waals surface area contributed by atoms with E-state index in [1.165, 1.54) is 8.61 Å². The number of rotatable bonds is 5. The second-order valence-electron chi connectivity index (χ2n) is 6.95. The summed E-state index contributed by atoms with van der Waals surface area (Å²) in [5.41, 5.74) is 0. The zero-order valence-corrected chi connectivity index (χ0v) is 14.8. The predicted molar refractivity (Wildman–Crippen MR) is 86.0 cm³/mol. The van der Waals surface area contributed by atoms with Crippen molar-refractivity contribution in [2.45, 2.75) is 44.2 Å². The van der Waals surface area contributed by atoms with Crippen molar-refractivity contribution in [3.8, 4) is 0 Å². The fourth-order valence-electron chi connectivity index (χ4n) is 3.54. The van der Waals surface area contributed by atoms with Crippen molar-refractivity contribution in [1.82, 2.24) is 13.5 Å². The largest absolute Gasteiger partial charge is 0.381 e. The smallest absolute Gasteiger partial charge is 0.281 e. The van der Waals surface area contributed by atoms with Crippen LogP contribution in [0.15, 0.2) is 0 Å². The van der Waals surface area contributed by atoms with E-state index in [0.29, 0.717) is 26.3 Å². The van der Waals surface area contributed by atoms with E-state index in [9.17, 15) is 13.2 Å². The standard InChI is InChI=1S/C15H27N3O4S/c1-16(2)23(20,21)17-8-5-14(11-17)18(15(19)12-3-4-12)13-6-9-22-10-7-13/h12-14H,3-11H2,1-2H3. The highest BCUT2D eigenvalue weighted by Crippen LogP contribution is 2.35. The van der Waals surface area contributed by atoms with E-state index < -0.39 is 10.2 Å². The van der Waals surface area contributed by atoms with Crippen LogP contribution in [0.5, 0.6) is 0 Å². The van der Waals surface area contributed by atoms with Crippen LogP contribution in [-0.4, -0.2) is 80.3 Å². The summed E-state index contributed by atoms with van der Waals surface area (Å²) in [6.45, 7) is 2.27. The number of hydrogen-bond donors (Lipinski definition) is 0. The van der Waals surface area contributed by atoms with E-state index in [1.807, 2.05) is 4.90 Å². The minimum atomic E-state index is -3.40. The number of amides is 1. The highest BCUT2D eigenvalue weighted by atomic mass is 32.2. The molecule has 0 aromatic carbocycles. The fraction of sp³-hybridized carbons (Fsp3) is 0.933. The summed E-state index contributed by atoms with van der Waals surface area (Å²) in [5, 5.41) is 0. The Morgan fingerprint density at radius 3 is 2.26 bits per heavy atom. The lowest BCUT2D eigenvalue weighted by molar-refractivity contribution is -0.139. The Balaban J connectivity index is 1.74. The highest BCUT2D eigenvalue weighted by Gasteiger charge is 2.43. The van der Waals surface area contributed by atoms with Gasteiger partial charge in [0.05, 0.1) is 0 Å². The number of carbonyl (C=O) groups is 1. The van der Waals surface area contributed by atoms with Gasteiger partial charge in [0.2, 0.25) is 5.91 Å². The van der Waals surface area contributed by atoms with Crippen molar-refractivity contribution in [2.24, 2.45) is 5.92 Å². The summed E-state index contributed by atoms with van der Waals surface area (Å²) >= 11 is 0. The molecule has 1 unspecified atom stereocenters. The van der Waals surface area contributed by atoms with Crippen molar-refractivity contribution < 1.29 is 17.9 Å². The molecule has 0 aromatic heterocycles. The molecule has 0 spiro atoms. The van der Waals surface area contributed by atoms with Gasteiger partial charge >= 0.3 is 0 Å². The van der Waals surface area contributed by atoms with Gasteiger partial charge in [0.1, 0.15) is 0 Å². The third kappa shape index (κ3) is 3.55. The van der Waals surface area contributed by atoms with Gasteiger partial charge in [-0.25, -0.2) is 0 Å². The van der Waals surface area contributed by atoms with Crippen LogP contribution in [-0.2, 0) is 19.7 Å². The molecule has 2 saturated heterocycles. The molecule has 8 heteroatoms. The van der Waals surface area contributed by atoms with Gasteiger partial charge in [0.25, 0.3) is 10.2 Å². The van der Waals surface area contributed by atoms with Crippen LogP contribution in [0.2, 0.25) is 0 Å². The third-order valence-corrected chi connectivity index (χ3v) is 6.98. The Morgan fingerprint density at radius 1 is 1.04 bits per heavy atom. The first-order chi connectivity index (χ1) is 10.9. The first kappa shape index (κ1) is 17.1. The van der Waals surface area contributed by atoms with Crippen LogP contribution in [0.1, 0.15) is 32.1 Å². The SMILES string of the molecule is CN(C)S(=O)(=O)N1CCC(N(C(=O)C2CC2)C2CCOCC2)C1. The second kappa shape index (κ2) is 6.66. The molecule has 7 nitrogen and oxygen atoms in total. The van der Waals surface area contributed by atoms with E-state index in [-0.39, 0.29) is 23.9 Å². The molecule has 132 valence electrons. The summed E-state index contributed by atoms with van der Waals surface area (Å²) in [5.74, 6) is 0.392. The molecule has 2 heterocycles. The molecule has 1 amide bonds. The highest BCUT2D eigenvalue weighted by molar-refractivity contribution is 7.86. The summed E-state index contributed by atoms with van der Waals surface area (Å²) in [6.07, 6.45) is 4.39. The van der Waals surface area contributed by atoms with Crippen molar-refractivity contribution in [3.05, 3.63) is 0 Å². The Bertz CT molecular complexity index is 541. The Hall–Kier alpha value is -0.700. The molecule has 2 aliphatic heterocycles. The molecule has 0 N–H and O–H groups in total. The lowest BCUT2D eigenvalue weighted by atomic mass is 10.0. The maximum Gasteiger partial charge on any atom is 0.281 e. The summed E-state index contributed by atoms with van der Waals surface area (Å²) in [7, 11) is -0.300. The van der Waals surface area contributed by atoms with Crippen LogP contribution in [0, 0.1) is 5.92 Å². The summed E-state index contributed by atoms with van der Waals surface area (Å²) < 4.78 is 32.8. The Morgan fingerprint density at radius 2 is 1.70 bits per heavy atom. The van der Waals surface area contributed by atoms with Crippen LogP contribution >= 0.6 is 0 Å². The topological polar surface area (TPSA) is 70.2 Å². The first-order valence-electron chi connectivity index (χ1n) is 8.49. The van der Waals surface area contributed by atoms with Gasteiger partial charge in [-0.1, -0.05) is 0 Å². The van der Waals surface area contributed by atoms with Gasteiger partial charge in [-0.3, -0.25) is 4.79 Å². The normalized spacial score (nSPS) is 27.5. The molecule has 1 aliphatic carbocycles. The molecule has 3 aliphatic rings. The molecule has 1 atom stereocenters. The zero-order valence-electron chi connectivity index (χ0n) is 14.0. The van der Waals surface area contributed by atoms with Crippen molar-refractivity contribution in [1.29, 1.82) is 0 Å². The summed E-state index contributed by atoms with van der Waals surface area (Å²) in [6, 6.07) is 0.199. The third-order valence-electron chi connectivity index (χ3n) is 5.07. The van der Waals surface area contributed by atoms with Crippen LogP contribution < -0.4 is 0 Å². The molecular formula is C15H27N3O4S. The summed E-state index contributed by atoms with van der Waals surface area (Å²) in [4.78, 5) is 14.8. The number of carbonyl (C=O) groups excluding carboxylic acids is 1. The van der Waals surface area contributed by atoms with Gasteiger partial charge in [-0.2, -0.15) is 17.0 Å². The van der Waals surface area contributed by atoms with Crippen LogP contribution in [0.4, 0.5) is 0 Å². The van der Waals surface area contributed by atoms with E-state index in [0.717, 1.165) is 32.1 Å². The molecule has 0 bridgehead atoms. The minimum absolute atomic E-state index is 0.000856. The molecular weight excluding hydrogens is 318 g/mol. The Kier molecular flexibility index (Phi) is 4.96. The maximum atomic E-state index is 12.8. The van der Waals surface area contributed by atoms with Crippen molar-refractivity contribution in [3.63, 3.8) is 0 Å². The maximum absolute atomic E-state index is 12.8. The van der Waals surface area contributed by atoms with Gasteiger partial charge in [-0.15, -0.1) is 0 Å². The fourth-order valence-corrected chi connectivity index (χ4v) is 4.70. The quantitative estimate of drug-likeness (QED) is 0.718. The molecule has 0 aromatic rings. The molecule has 1 saturated carbocycles. The lowest BCUT2D eigenvalue weighted by Gasteiger charge is -2.38. The van der Waals surface area contributed by atoms with Gasteiger partial charge in [0, 0.05) is 58.4 Å². The lowest BCUT2D eigenvalue weighted by Crippen LogP contribution is -2.51. The average Bonchev–Trinajstić information content (AvgIpc) is 3.27. The van der Waals surface area contributed by atoms with E-state index in [1.54, 1.807) is 14.1 Å². The Labute approximate surface area is 138 Å². The van der Waals surface area contributed by atoms with Crippen molar-refractivity contribution >= 4 is 16.1 Å². The average molecular weight is 345 g/mol. The predicted octanol–water partition coefficient (Wildman–Crippen LogP) is 0.285. The monoisotopic (exact) mass is 345 g/mol. The van der Waals surface area contributed by atoms with E-state index in [4.69, 9.17) is 4.74 Å². The van der Waals surface area contributed by atoms with Gasteiger partial charge in [0.15, 0.2) is 0 Å². The van der Waals surface area contributed by atoms with Gasteiger partial charge < -0.3 is 9.64 Å². The second-order valence-corrected chi connectivity index (χ2v) is 9.10. The van der Waals surface area contributed by atoms with Crippen LogP contribution in [0.25, 0.3) is 0 Å². The zero-order chi connectivity index (χ0) is 16.6. The number of ether oxygens (including phenoxy) is 1. The molecule has 0 radical (unpaired) electrons. The van der Waals surface area contributed by atoms with E-state index >= 15 is 0 Å².